The molecule has 0 aromatic heterocycles. The van der Waals surface area contributed by atoms with E-state index in [1.54, 1.807) is 4.90 Å². The second kappa shape index (κ2) is 9.43. The van der Waals surface area contributed by atoms with E-state index in [1.807, 2.05) is 37.3 Å². The van der Waals surface area contributed by atoms with E-state index in [0.717, 1.165) is 19.5 Å². The molecule has 1 aromatic rings. The zero-order chi connectivity index (χ0) is 15.1. The summed E-state index contributed by atoms with van der Waals surface area (Å²) in [6.45, 7) is 4.73. The molecule has 0 bridgehead atoms. The van der Waals surface area contributed by atoms with Crippen molar-refractivity contribution in [2.45, 2.75) is 25.8 Å². The molecule has 1 atom stereocenters. The van der Waals surface area contributed by atoms with Crippen molar-refractivity contribution in [1.29, 1.82) is 0 Å². The smallest absolute Gasteiger partial charge is 0.240 e. The SMILES string of the molecule is CCN1CCNC(CC(=O)NCCc2ccccc2)C1=O.Cl. The van der Waals surface area contributed by atoms with Crippen molar-refractivity contribution in [3.8, 4) is 0 Å². The number of nitrogens with one attached hydrogen (secondary N) is 2. The summed E-state index contributed by atoms with van der Waals surface area (Å²) in [7, 11) is 0. The molecule has 1 aromatic carbocycles. The maximum Gasteiger partial charge on any atom is 0.240 e. The Balaban J connectivity index is 0.00000242. The van der Waals surface area contributed by atoms with Gasteiger partial charge >= 0.3 is 0 Å². The normalized spacial score (nSPS) is 17.8. The molecule has 122 valence electrons. The molecule has 0 saturated carbocycles. The molecule has 2 rings (SSSR count). The second-order valence-electron chi connectivity index (χ2n) is 5.21. The fourth-order valence-corrected chi connectivity index (χ4v) is 2.51. The average Bonchev–Trinajstić information content (AvgIpc) is 2.50. The first-order valence-corrected chi connectivity index (χ1v) is 7.53. The number of likely N-dealkylation sites (N-methyl/N-ethyl adjacent to an activating group) is 1. The van der Waals surface area contributed by atoms with Gasteiger partial charge in [-0.1, -0.05) is 30.3 Å². The van der Waals surface area contributed by atoms with E-state index in [2.05, 4.69) is 10.6 Å². The Morgan fingerprint density at radius 3 is 2.77 bits per heavy atom. The van der Waals surface area contributed by atoms with Gasteiger partial charge in [0.15, 0.2) is 0 Å². The minimum Gasteiger partial charge on any atom is -0.356 e. The molecular formula is C16H24ClN3O2. The number of halogens is 1. The molecule has 2 amide bonds. The molecule has 1 heterocycles. The molecule has 1 aliphatic heterocycles. The average molecular weight is 326 g/mol. The van der Waals surface area contributed by atoms with Crippen molar-refractivity contribution in [3.63, 3.8) is 0 Å². The minimum absolute atomic E-state index is 0. The first-order valence-electron chi connectivity index (χ1n) is 7.53. The third kappa shape index (κ3) is 5.31. The van der Waals surface area contributed by atoms with Crippen molar-refractivity contribution >= 4 is 24.2 Å². The van der Waals surface area contributed by atoms with Gasteiger partial charge in [-0.15, -0.1) is 12.4 Å². The predicted molar refractivity (Wildman–Crippen MR) is 89.1 cm³/mol. The highest BCUT2D eigenvalue weighted by Crippen LogP contribution is 2.05. The van der Waals surface area contributed by atoms with E-state index in [4.69, 9.17) is 0 Å². The van der Waals surface area contributed by atoms with Gasteiger partial charge in [-0.25, -0.2) is 0 Å². The molecule has 1 unspecified atom stereocenters. The van der Waals surface area contributed by atoms with Gasteiger partial charge in [-0.05, 0) is 18.9 Å². The van der Waals surface area contributed by atoms with Crippen molar-refractivity contribution in [3.05, 3.63) is 35.9 Å². The molecule has 6 heteroatoms. The molecule has 22 heavy (non-hydrogen) atoms. The van der Waals surface area contributed by atoms with Crippen LogP contribution in [0.2, 0.25) is 0 Å². The quantitative estimate of drug-likeness (QED) is 0.819. The van der Waals surface area contributed by atoms with Crippen LogP contribution >= 0.6 is 12.4 Å². The van der Waals surface area contributed by atoms with Crippen LogP contribution in [-0.2, 0) is 16.0 Å². The van der Waals surface area contributed by atoms with Crippen LogP contribution in [0.3, 0.4) is 0 Å². The Bertz CT molecular complexity index is 482. The maximum absolute atomic E-state index is 12.1. The van der Waals surface area contributed by atoms with Gasteiger partial charge in [0.2, 0.25) is 11.8 Å². The number of nitrogens with zero attached hydrogens (tertiary/aromatic N) is 1. The summed E-state index contributed by atoms with van der Waals surface area (Å²) in [6, 6.07) is 9.65. The number of carbonyl (C=O) groups excluding carboxylic acids is 2. The molecule has 0 spiro atoms. The van der Waals surface area contributed by atoms with Crippen LogP contribution in [-0.4, -0.2) is 48.9 Å². The highest BCUT2D eigenvalue weighted by molar-refractivity contribution is 5.88. The Kier molecular flexibility index (Phi) is 7.91. The van der Waals surface area contributed by atoms with Crippen LogP contribution in [0, 0.1) is 0 Å². The van der Waals surface area contributed by atoms with E-state index in [9.17, 15) is 9.59 Å². The van der Waals surface area contributed by atoms with Gasteiger partial charge in [0.1, 0.15) is 0 Å². The Morgan fingerprint density at radius 1 is 1.36 bits per heavy atom. The van der Waals surface area contributed by atoms with Crippen LogP contribution in [0.1, 0.15) is 18.9 Å². The van der Waals surface area contributed by atoms with Crippen molar-refractivity contribution in [1.82, 2.24) is 15.5 Å². The monoisotopic (exact) mass is 325 g/mol. The van der Waals surface area contributed by atoms with Crippen LogP contribution in [0.5, 0.6) is 0 Å². The predicted octanol–water partition coefficient (Wildman–Crippen LogP) is 0.978. The number of piperazine rings is 1. The van der Waals surface area contributed by atoms with Gasteiger partial charge < -0.3 is 15.5 Å². The van der Waals surface area contributed by atoms with Crippen LogP contribution in [0.15, 0.2) is 30.3 Å². The third-order valence-corrected chi connectivity index (χ3v) is 3.73. The summed E-state index contributed by atoms with van der Waals surface area (Å²) >= 11 is 0. The van der Waals surface area contributed by atoms with Gasteiger partial charge in [-0.3, -0.25) is 9.59 Å². The lowest BCUT2D eigenvalue weighted by atomic mass is 10.1. The van der Waals surface area contributed by atoms with Crippen LogP contribution in [0.25, 0.3) is 0 Å². The summed E-state index contributed by atoms with van der Waals surface area (Å²) in [6.07, 6.45) is 1.02. The highest BCUT2D eigenvalue weighted by atomic mass is 35.5. The summed E-state index contributed by atoms with van der Waals surface area (Å²) in [5, 5.41) is 6.00. The number of carbonyl (C=O) groups is 2. The zero-order valence-corrected chi connectivity index (χ0v) is 13.7. The number of benzene rings is 1. The molecule has 2 N–H and O–H groups in total. The first-order chi connectivity index (χ1) is 10.2. The number of hydrogen-bond acceptors (Lipinski definition) is 3. The van der Waals surface area contributed by atoms with Crippen LogP contribution < -0.4 is 10.6 Å². The van der Waals surface area contributed by atoms with Crippen molar-refractivity contribution in [2.24, 2.45) is 0 Å². The van der Waals surface area contributed by atoms with Gasteiger partial charge in [0.25, 0.3) is 0 Å². The largest absolute Gasteiger partial charge is 0.356 e. The highest BCUT2D eigenvalue weighted by Gasteiger charge is 2.28. The number of rotatable bonds is 6. The van der Waals surface area contributed by atoms with Crippen molar-refractivity contribution in [2.75, 3.05) is 26.2 Å². The van der Waals surface area contributed by atoms with E-state index >= 15 is 0 Å². The third-order valence-electron chi connectivity index (χ3n) is 3.73. The lowest BCUT2D eigenvalue weighted by molar-refractivity contribution is -0.138. The Labute approximate surface area is 137 Å². The van der Waals surface area contributed by atoms with E-state index in [-0.39, 0.29) is 36.7 Å². The van der Waals surface area contributed by atoms with Crippen LogP contribution in [0.4, 0.5) is 0 Å². The van der Waals surface area contributed by atoms with Gasteiger partial charge in [0.05, 0.1) is 12.5 Å². The second-order valence-corrected chi connectivity index (χ2v) is 5.21. The zero-order valence-electron chi connectivity index (χ0n) is 12.9. The van der Waals surface area contributed by atoms with E-state index < -0.39 is 0 Å². The fraction of sp³-hybridized carbons (Fsp3) is 0.500. The molecular weight excluding hydrogens is 302 g/mol. The van der Waals surface area contributed by atoms with E-state index in [1.165, 1.54) is 5.56 Å². The molecule has 0 radical (unpaired) electrons. The molecule has 1 aliphatic rings. The fourth-order valence-electron chi connectivity index (χ4n) is 2.51. The maximum atomic E-state index is 12.1. The number of hydrogen-bond donors (Lipinski definition) is 2. The van der Waals surface area contributed by atoms with Gasteiger partial charge in [-0.2, -0.15) is 0 Å². The van der Waals surface area contributed by atoms with Crippen molar-refractivity contribution < 1.29 is 9.59 Å². The summed E-state index contributed by atoms with van der Waals surface area (Å²) in [5.41, 5.74) is 1.20. The molecule has 5 nitrogen and oxygen atoms in total. The summed E-state index contributed by atoms with van der Waals surface area (Å²) in [4.78, 5) is 25.8. The Morgan fingerprint density at radius 2 is 2.09 bits per heavy atom. The topological polar surface area (TPSA) is 61.4 Å². The molecule has 1 saturated heterocycles. The molecule has 1 fully saturated rings. The lowest BCUT2D eigenvalue weighted by Crippen LogP contribution is -2.56. The first kappa shape index (κ1) is 18.5. The minimum atomic E-state index is -0.379. The summed E-state index contributed by atoms with van der Waals surface area (Å²) < 4.78 is 0. The Hall–Kier alpha value is -1.59. The lowest BCUT2D eigenvalue weighted by Gasteiger charge is -2.32. The number of amides is 2. The van der Waals surface area contributed by atoms with E-state index in [0.29, 0.717) is 13.1 Å². The summed E-state index contributed by atoms with van der Waals surface area (Å²) in [5.74, 6) is -0.0447. The van der Waals surface area contributed by atoms with Gasteiger partial charge in [0, 0.05) is 26.2 Å². The standard InChI is InChI=1S/C16H23N3O2.ClH/c1-2-19-11-10-17-14(16(19)21)12-15(20)18-9-8-13-6-4-3-5-7-13;/h3-7,14,17H,2,8-12H2,1H3,(H,18,20);1H. The molecule has 0 aliphatic carbocycles.